The van der Waals surface area contributed by atoms with Gasteiger partial charge in [-0.2, -0.15) is 0 Å². The maximum Gasteiger partial charge on any atom is 0.214 e. The summed E-state index contributed by atoms with van der Waals surface area (Å²) in [4.78, 5) is 4.42. The highest BCUT2D eigenvalue weighted by atomic mass is 16.5. The van der Waals surface area contributed by atoms with E-state index in [-0.39, 0.29) is 0 Å². The molecule has 94 valence electrons. The number of pyridine rings is 1. The molecule has 0 atom stereocenters. The van der Waals surface area contributed by atoms with Crippen LogP contribution < -0.4 is 10.5 Å². The van der Waals surface area contributed by atoms with Crippen LogP contribution in [-0.4, -0.2) is 11.1 Å². The van der Waals surface area contributed by atoms with Crippen molar-refractivity contribution in [3.63, 3.8) is 0 Å². The van der Waals surface area contributed by atoms with E-state index in [2.05, 4.69) is 11.9 Å². The van der Waals surface area contributed by atoms with E-state index in [1.54, 1.807) is 0 Å². The maximum absolute atomic E-state index is 5.96. The summed E-state index contributed by atoms with van der Waals surface area (Å²) in [6.07, 6.45) is 5.16. The summed E-state index contributed by atoms with van der Waals surface area (Å²) in [5.74, 6) is 1.59. The van der Waals surface area contributed by atoms with Crippen LogP contribution >= 0.6 is 0 Å². The highest BCUT2D eigenvalue weighted by Crippen LogP contribution is 2.26. The molecular formula is C14H22N2O. The van der Waals surface area contributed by atoms with Gasteiger partial charge in [0.25, 0.3) is 0 Å². The lowest BCUT2D eigenvalue weighted by atomic mass is 9.89. The van der Waals surface area contributed by atoms with Crippen molar-refractivity contribution in [1.82, 2.24) is 4.98 Å². The van der Waals surface area contributed by atoms with Crippen LogP contribution in [0.4, 0.5) is 0 Å². The molecule has 1 fully saturated rings. The predicted molar refractivity (Wildman–Crippen MR) is 68.9 cm³/mol. The van der Waals surface area contributed by atoms with Crippen LogP contribution in [0, 0.1) is 12.8 Å². The standard InChI is InChI=1S/C14H22N2O/c1-10-3-5-13(6-4-10)17-14-8-12(9-15)7-11(2)16-14/h7-8,10,13H,3-6,9,15H2,1-2H3. The highest BCUT2D eigenvalue weighted by Gasteiger charge is 2.20. The van der Waals surface area contributed by atoms with Crippen LogP contribution in [0.5, 0.6) is 5.88 Å². The van der Waals surface area contributed by atoms with Gasteiger partial charge in [-0.25, -0.2) is 4.98 Å². The Bertz CT molecular complexity index is 370. The Balaban J connectivity index is 2.00. The molecule has 2 N–H and O–H groups in total. The third-order valence-electron chi connectivity index (χ3n) is 3.48. The summed E-state index contributed by atoms with van der Waals surface area (Å²) in [5, 5.41) is 0. The molecule has 0 aliphatic heterocycles. The van der Waals surface area contributed by atoms with E-state index in [9.17, 15) is 0 Å². The summed E-state index contributed by atoms with van der Waals surface area (Å²) in [7, 11) is 0. The summed E-state index contributed by atoms with van der Waals surface area (Å²) in [5.41, 5.74) is 7.73. The fourth-order valence-electron chi connectivity index (χ4n) is 2.40. The molecule has 0 saturated heterocycles. The van der Waals surface area contributed by atoms with E-state index in [1.165, 1.54) is 12.8 Å². The molecule has 1 saturated carbocycles. The van der Waals surface area contributed by atoms with Crippen molar-refractivity contribution in [1.29, 1.82) is 0 Å². The molecule has 0 spiro atoms. The second-order valence-electron chi connectivity index (χ2n) is 5.16. The van der Waals surface area contributed by atoms with Crippen molar-refractivity contribution in [2.24, 2.45) is 11.7 Å². The number of hydrogen-bond donors (Lipinski definition) is 1. The number of aromatic nitrogens is 1. The third kappa shape index (κ3) is 3.43. The molecule has 1 aromatic heterocycles. The second kappa shape index (κ2) is 5.50. The maximum atomic E-state index is 5.96. The van der Waals surface area contributed by atoms with E-state index >= 15 is 0 Å². The molecule has 0 unspecified atom stereocenters. The van der Waals surface area contributed by atoms with Crippen molar-refractivity contribution in [3.8, 4) is 5.88 Å². The number of nitrogens with two attached hydrogens (primary N) is 1. The first-order valence-corrected chi connectivity index (χ1v) is 6.51. The van der Waals surface area contributed by atoms with Gasteiger partial charge in [0, 0.05) is 18.3 Å². The van der Waals surface area contributed by atoms with E-state index in [1.807, 2.05) is 19.1 Å². The van der Waals surface area contributed by atoms with E-state index in [4.69, 9.17) is 10.5 Å². The normalized spacial score (nSPS) is 24.6. The van der Waals surface area contributed by atoms with Crippen molar-refractivity contribution >= 4 is 0 Å². The number of hydrogen-bond acceptors (Lipinski definition) is 3. The third-order valence-corrected chi connectivity index (χ3v) is 3.48. The zero-order valence-electron chi connectivity index (χ0n) is 10.8. The minimum atomic E-state index is 0.339. The molecule has 1 aliphatic carbocycles. The molecule has 0 radical (unpaired) electrons. The average molecular weight is 234 g/mol. The van der Waals surface area contributed by atoms with Gasteiger partial charge in [0.15, 0.2) is 0 Å². The van der Waals surface area contributed by atoms with E-state index in [0.29, 0.717) is 12.6 Å². The number of rotatable bonds is 3. The number of aryl methyl sites for hydroxylation is 1. The van der Waals surface area contributed by atoms with Crippen molar-refractivity contribution in [2.75, 3.05) is 0 Å². The van der Waals surface area contributed by atoms with E-state index < -0.39 is 0 Å². The molecule has 1 aromatic rings. The van der Waals surface area contributed by atoms with Crippen LogP contribution in [0.2, 0.25) is 0 Å². The SMILES string of the molecule is Cc1cc(CN)cc(OC2CCC(C)CC2)n1. The summed E-state index contributed by atoms with van der Waals surface area (Å²) in [6, 6.07) is 3.97. The fraction of sp³-hybridized carbons (Fsp3) is 0.643. The van der Waals surface area contributed by atoms with Crippen LogP contribution in [0.1, 0.15) is 43.9 Å². The molecule has 1 heterocycles. The highest BCUT2D eigenvalue weighted by molar-refractivity contribution is 5.24. The topological polar surface area (TPSA) is 48.1 Å². The Labute approximate surface area is 103 Å². The first-order valence-electron chi connectivity index (χ1n) is 6.51. The summed E-state index contributed by atoms with van der Waals surface area (Å²) >= 11 is 0. The van der Waals surface area contributed by atoms with Gasteiger partial charge in [0.1, 0.15) is 6.10 Å². The first-order chi connectivity index (χ1) is 8.17. The Hall–Kier alpha value is -1.09. The monoisotopic (exact) mass is 234 g/mol. The average Bonchev–Trinajstić information content (AvgIpc) is 2.31. The summed E-state index contributed by atoms with van der Waals surface area (Å²) in [6.45, 7) is 4.84. The van der Waals surface area contributed by atoms with Crippen LogP contribution in [0.3, 0.4) is 0 Å². The summed E-state index contributed by atoms with van der Waals surface area (Å²) < 4.78 is 5.96. The lowest BCUT2D eigenvalue weighted by molar-refractivity contribution is 0.130. The zero-order valence-corrected chi connectivity index (χ0v) is 10.8. The van der Waals surface area contributed by atoms with Gasteiger partial charge in [-0.15, -0.1) is 0 Å². The molecule has 2 rings (SSSR count). The minimum Gasteiger partial charge on any atom is -0.474 e. The molecule has 1 aliphatic rings. The molecule has 3 nitrogen and oxygen atoms in total. The zero-order chi connectivity index (χ0) is 12.3. The van der Waals surface area contributed by atoms with Crippen molar-refractivity contribution in [3.05, 3.63) is 23.4 Å². The molecule has 0 amide bonds. The lowest BCUT2D eigenvalue weighted by Crippen LogP contribution is -2.23. The van der Waals surface area contributed by atoms with Crippen LogP contribution in [-0.2, 0) is 6.54 Å². The van der Waals surface area contributed by atoms with Gasteiger partial charge < -0.3 is 10.5 Å². The minimum absolute atomic E-state index is 0.339. The smallest absolute Gasteiger partial charge is 0.214 e. The molecule has 0 aromatic carbocycles. The van der Waals surface area contributed by atoms with E-state index in [0.717, 1.165) is 35.9 Å². The van der Waals surface area contributed by atoms with Gasteiger partial charge in [-0.05, 0) is 50.2 Å². The Morgan fingerprint density at radius 2 is 2.00 bits per heavy atom. The van der Waals surface area contributed by atoms with Crippen molar-refractivity contribution in [2.45, 2.75) is 52.2 Å². The molecule has 3 heteroatoms. The number of ether oxygens (including phenoxy) is 1. The molecular weight excluding hydrogens is 212 g/mol. The molecule has 0 bridgehead atoms. The van der Waals surface area contributed by atoms with Crippen molar-refractivity contribution < 1.29 is 4.74 Å². The van der Waals surface area contributed by atoms with Gasteiger partial charge in [-0.3, -0.25) is 0 Å². The van der Waals surface area contributed by atoms with Gasteiger partial charge in [-0.1, -0.05) is 6.92 Å². The quantitative estimate of drug-likeness (QED) is 0.874. The Morgan fingerprint density at radius 1 is 1.29 bits per heavy atom. The second-order valence-corrected chi connectivity index (χ2v) is 5.16. The first kappa shape index (κ1) is 12.4. The number of nitrogens with zero attached hydrogens (tertiary/aromatic N) is 1. The Kier molecular flexibility index (Phi) is 4.00. The molecule has 17 heavy (non-hydrogen) atoms. The lowest BCUT2D eigenvalue weighted by Gasteiger charge is -2.26. The Morgan fingerprint density at radius 3 is 2.65 bits per heavy atom. The largest absolute Gasteiger partial charge is 0.474 e. The van der Waals surface area contributed by atoms with Crippen LogP contribution in [0.15, 0.2) is 12.1 Å². The fourth-order valence-corrected chi connectivity index (χ4v) is 2.40. The predicted octanol–water partition coefficient (Wildman–Crippen LogP) is 2.81. The van der Waals surface area contributed by atoms with Gasteiger partial charge in [0.05, 0.1) is 0 Å². The van der Waals surface area contributed by atoms with Crippen LogP contribution in [0.25, 0.3) is 0 Å². The van der Waals surface area contributed by atoms with Gasteiger partial charge >= 0.3 is 0 Å². The van der Waals surface area contributed by atoms with Gasteiger partial charge in [0.2, 0.25) is 5.88 Å².